The van der Waals surface area contributed by atoms with Gasteiger partial charge in [0.2, 0.25) is 0 Å². The molecule has 0 aromatic carbocycles. The minimum absolute atomic E-state index is 0.296. The van der Waals surface area contributed by atoms with Crippen LogP contribution in [-0.2, 0) is 4.74 Å². The van der Waals surface area contributed by atoms with Gasteiger partial charge in [-0.15, -0.1) is 0 Å². The van der Waals surface area contributed by atoms with Crippen LogP contribution in [0.1, 0.15) is 23.2 Å². The molecule has 1 aliphatic heterocycles. The van der Waals surface area contributed by atoms with E-state index >= 15 is 0 Å². The first kappa shape index (κ1) is 12.8. The van der Waals surface area contributed by atoms with Crippen LogP contribution in [0, 0.1) is 5.92 Å². The van der Waals surface area contributed by atoms with Crippen molar-refractivity contribution < 1.29 is 14.6 Å². The molecular weight excluding hydrogens is 232 g/mol. The minimum Gasteiger partial charge on any atom is -0.478 e. The highest BCUT2D eigenvalue weighted by atomic mass is 16.5. The Morgan fingerprint density at radius 1 is 1.67 bits per heavy atom. The topological polar surface area (TPSA) is 62.7 Å². The van der Waals surface area contributed by atoms with Gasteiger partial charge in [0.1, 0.15) is 0 Å². The number of hydrogen-bond acceptors (Lipinski definition) is 4. The van der Waals surface area contributed by atoms with Gasteiger partial charge in [-0.1, -0.05) is 0 Å². The van der Waals surface area contributed by atoms with E-state index in [2.05, 4.69) is 4.98 Å². The van der Waals surface area contributed by atoms with Crippen LogP contribution in [0.5, 0.6) is 0 Å². The average Bonchev–Trinajstić information content (AvgIpc) is 2.40. The highest BCUT2D eigenvalue weighted by Gasteiger charge is 2.19. The average molecular weight is 250 g/mol. The Kier molecular flexibility index (Phi) is 4.15. The number of carbonyl (C=O) groups is 1. The summed E-state index contributed by atoms with van der Waals surface area (Å²) in [6.45, 7) is 2.40. The number of aromatic carboxylic acids is 1. The van der Waals surface area contributed by atoms with E-state index in [-0.39, 0.29) is 0 Å². The third-order valence-corrected chi connectivity index (χ3v) is 3.23. The second-order valence-corrected chi connectivity index (χ2v) is 4.66. The first-order valence-corrected chi connectivity index (χ1v) is 6.14. The number of carboxylic acid groups (broad SMARTS) is 1. The SMILES string of the molecule is CN(CC1CCCOC1)c1cnccc1C(=O)O. The zero-order chi connectivity index (χ0) is 13.0. The molecule has 1 fully saturated rings. The summed E-state index contributed by atoms with van der Waals surface area (Å²) in [5.74, 6) is -0.454. The number of carboxylic acids is 1. The number of ether oxygens (including phenoxy) is 1. The molecule has 0 spiro atoms. The van der Waals surface area contributed by atoms with Crippen LogP contribution in [0.25, 0.3) is 0 Å². The molecule has 0 amide bonds. The van der Waals surface area contributed by atoms with Crippen molar-refractivity contribution in [1.29, 1.82) is 0 Å². The van der Waals surface area contributed by atoms with Crippen molar-refractivity contribution in [3.63, 3.8) is 0 Å². The van der Waals surface area contributed by atoms with E-state index in [1.807, 2.05) is 11.9 Å². The monoisotopic (exact) mass is 250 g/mol. The molecule has 0 radical (unpaired) electrons. The van der Waals surface area contributed by atoms with Crippen LogP contribution < -0.4 is 4.90 Å². The van der Waals surface area contributed by atoms with Crippen LogP contribution >= 0.6 is 0 Å². The first-order valence-electron chi connectivity index (χ1n) is 6.14. The van der Waals surface area contributed by atoms with Crippen molar-refractivity contribution in [3.05, 3.63) is 24.0 Å². The van der Waals surface area contributed by atoms with E-state index in [1.165, 1.54) is 12.3 Å². The molecule has 1 aliphatic rings. The van der Waals surface area contributed by atoms with Crippen molar-refractivity contribution in [1.82, 2.24) is 4.98 Å². The highest BCUT2D eigenvalue weighted by molar-refractivity contribution is 5.94. The molecule has 0 aliphatic carbocycles. The molecule has 2 heterocycles. The van der Waals surface area contributed by atoms with Gasteiger partial charge in [0.25, 0.3) is 0 Å². The molecule has 2 rings (SSSR count). The highest BCUT2D eigenvalue weighted by Crippen LogP contribution is 2.21. The third-order valence-electron chi connectivity index (χ3n) is 3.23. The van der Waals surface area contributed by atoms with Crippen LogP contribution in [0.3, 0.4) is 0 Å². The molecule has 1 unspecified atom stereocenters. The summed E-state index contributed by atoms with van der Waals surface area (Å²) in [5, 5.41) is 9.14. The Labute approximate surface area is 106 Å². The molecule has 1 aromatic rings. The quantitative estimate of drug-likeness (QED) is 0.880. The normalized spacial score (nSPS) is 19.5. The van der Waals surface area contributed by atoms with Crippen molar-refractivity contribution in [2.45, 2.75) is 12.8 Å². The van der Waals surface area contributed by atoms with Crippen molar-refractivity contribution in [3.8, 4) is 0 Å². The molecule has 18 heavy (non-hydrogen) atoms. The summed E-state index contributed by atoms with van der Waals surface area (Å²) in [5.41, 5.74) is 0.958. The fourth-order valence-electron chi connectivity index (χ4n) is 2.31. The molecule has 5 heteroatoms. The summed E-state index contributed by atoms with van der Waals surface area (Å²) in [4.78, 5) is 17.1. The molecular formula is C13H18N2O3. The van der Waals surface area contributed by atoms with E-state index in [4.69, 9.17) is 9.84 Å². The minimum atomic E-state index is -0.917. The zero-order valence-electron chi connectivity index (χ0n) is 10.5. The van der Waals surface area contributed by atoms with E-state index in [0.29, 0.717) is 17.2 Å². The molecule has 1 atom stereocenters. The lowest BCUT2D eigenvalue weighted by Crippen LogP contribution is -2.31. The van der Waals surface area contributed by atoms with Gasteiger partial charge >= 0.3 is 5.97 Å². The molecule has 1 N–H and O–H groups in total. The van der Waals surface area contributed by atoms with Crippen molar-refractivity contribution in [2.24, 2.45) is 5.92 Å². The van der Waals surface area contributed by atoms with Gasteiger partial charge in [0, 0.05) is 26.4 Å². The van der Waals surface area contributed by atoms with Gasteiger partial charge in [-0.05, 0) is 24.8 Å². The van der Waals surface area contributed by atoms with Crippen molar-refractivity contribution >= 4 is 11.7 Å². The van der Waals surface area contributed by atoms with Gasteiger partial charge in [-0.3, -0.25) is 4.98 Å². The smallest absolute Gasteiger partial charge is 0.337 e. The van der Waals surface area contributed by atoms with E-state index < -0.39 is 5.97 Å². The maximum Gasteiger partial charge on any atom is 0.337 e. The number of pyridine rings is 1. The van der Waals surface area contributed by atoms with Gasteiger partial charge in [-0.2, -0.15) is 0 Å². The largest absolute Gasteiger partial charge is 0.478 e. The standard InChI is InChI=1S/C13H18N2O3/c1-15(8-10-3-2-6-18-9-10)12-7-14-5-4-11(12)13(16)17/h4-5,7,10H,2-3,6,8-9H2,1H3,(H,16,17). The maximum atomic E-state index is 11.1. The molecule has 1 aromatic heterocycles. The van der Waals surface area contributed by atoms with Crippen LogP contribution in [0.4, 0.5) is 5.69 Å². The summed E-state index contributed by atoms with van der Waals surface area (Å²) in [7, 11) is 1.90. The number of nitrogens with zero attached hydrogens (tertiary/aromatic N) is 2. The Morgan fingerprint density at radius 2 is 2.50 bits per heavy atom. The lowest BCUT2D eigenvalue weighted by atomic mass is 10.0. The third kappa shape index (κ3) is 2.98. The van der Waals surface area contributed by atoms with E-state index in [1.54, 1.807) is 6.20 Å². The zero-order valence-corrected chi connectivity index (χ0v) is 10.5. The predicted octanol–water partition coefficient (Wildman–Crippen LogP) is 1.64. The van der Waals surface area contributed by atoms with Crippen LogP contribution in [-0.4, -0.2) is 42.9 Å². The molecule has 1 saturated heterocycles. The Bertz CT molecular complexity index is 416. The summed E-state index contributed by atoms with van der Waals surface area (Å²) in [6, 6.07) is 1.53. The van der Waals surface area contributed by atoms with Gasteiger partial charge < -0.3 is 14.7 Å². The van der Waals surface area contributed by atoms with E-state index in [9.17, 15) is 4.79 Å². The predicted molar refractivity (Wildman–Crippen MR) is 68.0 cm³/mol. The fourth-order valence-corrected chi connectivity index (χ4v) is 2.31. The Morgan fingerprint density at radius 3 is 3.17 bits per heavy atom. The number of rotatable bonds is 4. The molecule has 98 valence electrons. The fraction of sp³-hybridized carbons (Fsp3) is 0.538. The van der Waals surface area contributed by atoms with Gasteiger partial charge in [0.15, 0.2) is 0 Å². The Balaban J connectivity index is 2.08. The molecule has 0 saturated carbocycles. The van der Waals surface area contributed by atoms with Gasteiger partial charge in [-0.25, -0.2) is 4.79 Å². The number of aromatic nitrogens is 1. The second-order valence-electron chi connectivity index (χ2n) is 4.66. The Hall–Kier alpha value is -1.62. The summed E-state index contributed by atoms with van der Waals surface area (Å²) < 4.78 is 5.44. The molecule has 0 bridgehead atoms. The maximum absolute atomic E-state index is 11.1. The van der Waals surface area contributed by atoms with Gasteiger partial charge in [0.05, 0.1) is 24.1 Å². The van der Waals surface area contributed by atoms with E-state index in [0.717, 1.165) is 32.6 Å². The lowest BCUT2D eigenvalue weighted by Gasteiger charge is -2.28. The van der Waals surface area contributed by atoms with Crippen LogP contribution in [0.15, 0.2) is 18.5 Å². The van der Waals surface area contributed by atoms with Crippen molar-refractivity contribution in [2.75, 3.05) is 31.7 Å². The second kappa shape index (κ2) is 5.82. The summed E-state index contributed by atoms with van der Waals surface area (Å²) >= 11 is 0. The van der Waals surface area contributed by atoms with Crippen LogP contribution in [0.2, 0.25) is 0 Å². The first-order chi connectivity index (χ1) is 8.68. The summed E-state index contributed by atoms with van der Waals surface area (Å²) in [6.07, 6.45) is 5.32. The number of anilines is 1. The lowest BCUT2D eigenvalue weighted by molar-refractivity contribution is 0.0576. The molecule has 5 nitrogen and oxygen atoms in total. The number of hydrogen-bond donors (Lipinski definition) is 1.